The maximum Gasteiger partial charge on any atom is 0.262 e. The van der Waals surface area contributed by atoms with Gasteiger partial charge in [0.25, 0.3) is 5.92 Å². The number of amides is 1. The Labute approximate surface area is 93.6 Å². The molecule has 1 atom stereocenters. The molecule has 6 heteroatoms. The summed E-state index contributed by atoms with van der Waals surface area (Å²) in [6, 6.07) is -0.664. The third kappa shape index (κ3) is 2.78. The summed E-state index contributed by atoms with van der Waals surface area (Å²) in [7, 11) is 0. The van der Waals surface area contributed by atoms with Crippen molar-refractivity contribution >= 4 is 18.3 Å². The van der Waals surface area contributed by atoms with E-state index in [9.17, 15) is 13.6 Å². The average Bonchev–Trinajstić information content (AvgIpc) is 2.72. The van der Waals surface area contributed by atoms with Crippen LogP contribution in [0.3, 0.4) is 0 Å². The summed E-state index contributed by atoms with van der Waals surface area (Å²) < 4.78 is 25.6. The van der Waals surface area contributed by atoms with Gasteiger partial charge >= 0.3 is 0 Å². The molecule has 0 saturated carbocycles. The Hall–Kier alpha value is -0.420. The first-order valence-electron chi connectivity index (χ1n) is 4.98. The van der Waals surface area contributed by atoms with Crippen LogP contribution in [0.5, 0.6) is 0 Å². The van der Waals surface area contributed by atoms with E-state index in [1.165, 1.54) is 0 Å². The summed E-state index contributed by atoms with van der Waals surface area (Å²) in [5.74, 6) is -2.86. The SMILES string of the molecule is Cl.O=C(C1CC(F)(F)CN1)N1CCCC1. The molecule has 2 aliphatic heterocycles. The van der Waals surface area contributed by atoms with Crippen molar-refractivity contribution in [1.82, 2.24) is 10.2 Å². The Morgan fingerprint density at radius 2 is 1.93 bits per heavy atom. The molecule has 0 aromatic carbocycles. The van der Waals surface area contributed by atoms with Gasteiger partial charge in [0.1, 0.15) is 0 Å². The molecule has 2 saturated heterocycles. The van der Waals surface area contributed by atoms with Crippen LogP contribution in [-0.4, -0.2) is 42.4 Å². The molecule has 0 aliphatic carbocycles. The summed E-state index contributed by atoms with van der Waals surface area (Å²) in [5.41, 5.74) is 0. The van der Waals surface area contributed by atoms with Crippen molar-refractivity contribution < 1.29 is 13.6 Å². The molecule has 2 rings (SSSR count). The standard InChI is InChI=1S/C9H14F2N2O.ClH/c10-9(11)5-7(12-6-9)8(14)13-3-1-2-4-13;/h7,12H,1-6H2;1H. The number of carbonyl (C=O) groups is 1. The van der Waals surface area contributed by atoms with Crippen molar-refractivity contribution in [2.75, 3.05) is 19.6 Å². The fraction of sp³-hybridized carbons (Fsp3) is 0.889. The number of likely N-dealkylation sites (tertiary alicyclic amines) is 1. The highest BCUT2D eigenvalue weighted by Crippen LogP contribution is 2.26. The van der Waals surface area contributed by atoms with Crippen LogP contribution >= 0.6 is 12.4 Å². The predicted octanol–water partition coefficient (Wildman–Crippen LogP) is 1.03. The maximum absolute atomic E-state index is 12.8. The van der Waals surface area contributed by atoms with Gasteiger partial charge in [-0.05, 0) is 12.8 Å². The number of carbonyl (C=O) groups excluding carboxylic acids is 1. The highest BCUT2D eigenvalue weighted by atomic mass is 35.5. The summed E-state index contributed by atoms with van der Waals surface area (Å²) in [6.07, 6.45) is 1.64. The van der Waals surface area contributed by atoms with Gasteiger partial charge < -0.3 is 4.90 Å². The molecule has 0 radical (unpaired) electrons. The second-order valence-corrected chi connectivity index (χ2v) is 4.03. The van der Waals surface area contributed by atoms with Crippen molar-refractivity contribution in [3.8, 4) is 0 Å². The smallest absolute Gasteiger partial charge is 0.262 e. The van der Waals surface area contributed by atoms with E-state index in [4.69, 9.17) is 0 Å². The molecule has 1 N–H and O–H groups in total. The van der Waals surface area contributed by atoms with Crippen molar-refractivity contribution in [3.05, 3.63) is 0 Å². The Balaban J connectivity index is 0.00000112. The quantitative estimate of drug-likeness (QED) is 0.743. The van der Waals surface area contributed by atoms with Gasteiger partial charge in [-0.3, -0.25) is 10.1 Å². The van der Waals surface area contributed by atoms with E-state index in [0.717, 1.165) is 25.9 Å². The molecule has 15 heavy (non-hydrogen) atoms. The van der Waals surface area contributed by atoms with Crippen LogP contribution in [0.2, 0.25) is 0 Å². The molecule has 0 spiro atoms. The monoisotopic (exact) mass is 240 g/mol. The van der Waals surface area contributed by atoms with Gasteiger partial charge in [-0.2, -0.15) is 0 Å². The van der Waals surface area contributed by atoms with E-state index in [1.807, 2.05) is 0 Å². The number of halogens is 3. The van der Waals surface area contributed by atoms with Gasteiger partial charge in [-0.1, -0.05) is 0 Å². The number of rotatable bonds is 1. The second kappa shape index (κ2) is 4.61. The van der Waals surface area contributed by atoms with Crippen molar-refractivity contribution in [2.45, 2.75) is 31.2 Å². The fourth-order valence-corrected chi connectivity index (χ4v) is 2.05. The Bertz CT molecular complexity index is 244. The molecule has 1 amide bonds. The molecule has 0 aromatic rings. The van der Waals surface area contributed by atoms with Crippen LogP contribution in [-0.2, 0) is 4.79 Å². The molecule has 2 aliphatic rings. The fourth-order valence-electron chi connectivity index (χ4n) is 2.05. The van der Waals surface area contributed by atoms with E-state index >= 15 is 0 Å². The zero-order valence-electron chi connectivity index (χ0n) is 8.34. The van der Waals surface area contributed by atoms with Crippen LogP contribution in [0.4, 0.5) is 8.78 Å². The zero-order chi connectivity index (χ0) is 10.2. The molecule has 0 aromatic heterocycles. The van der Waals surface area contributed by atoms with Crippen LogP contribution in [0.1, 0.15) is 19.3 Å². The largest absolute Gasteiger partial charge is 0.341 e. The summed E-state index contributed by atoms with van der Waals surface area (Å²) >= 11 is 0. The van der Waals surface area contributed by atoms with Crippen LogP contribution < -0.4 is 5.32 Å². The molecular formula is C9H15ClF2N2O. The van der Waals surface area contributed by atoms with Crippen molar-refractivity contribution in [2.24, 2.45) is 0 Å². The topological polar surface area (TPSA) is 32.3 Å². The minimum atomic E-state index is -2.71. The lowest BCUT2D eigenvalue weighted by Crippen LogP contribution is -2.42. The number of hydrogen-bond donors (Lipinski definition) is 1. The Morgan fingerprint density at radius 1 is 1.33 bits per heavy atom. The lowest BCUT2D eigenvalue weighted by Gasteiger charge is -2.19. The van der Waals surface area contributed by atoms with Gasteiger partial charge in [-0.15, -0.1) is 12.4 Å². The highest BCUT2D eigenvalue weighted by molar-refractivity contribution is 5.85. The van der Waals surface area contributed by atoms with Gasteiger partial charge in [-0.25, -0.2) is 8.78 Å². The summed E-state index contributed by atoms with van der Waals surface area (Å²) in [6.45, 7) is 1.09. The average molecular weight is 241 g/mol. The van der Waals surface area contributed by atoms with Crippen molar-refractivity contribution in [3.63, 3.8) is 0 Å². The highest BCUT2D eigenvalue weighted by Gasteiger charge is 2.43. The first kappa shape index (κ1) is 12.6. The molecule has 2 fully saturated rings. The van der Waals surface area contributed by atoms with Gasteiger partial charge in [0.05, 0.1) is 12.6 Å². The maximum atomic E-state index is 12.8. The van der Waals surface area contributed by atoms with E-state index < -0.39 is 12.0 Å². The normalized spacial score (nSPS) is 28.9. The lowest BCUT2D eigenvalue weighted by molar-refractivity contribution is -0.132. The number of nitrogens with one attached hydrogen (secondary N) is 1. The molecule has 1 unspecified atom stereocenters. The molecule has 88 valence electrons. The van der Waals surface area contributed by atoms with E-state index in [1.54, 1.807) is 4.90 Å². The van der Waals surface area contributed by atoms with Gasteiger partial charge in [0, 0.05) is 19.5 Å². The number of hydrogen-bond acceptors (Lipinski definition) is 2. The first-order chi connectivity index (χ1) is 6.58. The van der Waals surface area contributed by atoms with Crippen LogP contribution in [0.25, 0.3) is 0 Å². The molecular weight excluding hydrogens is 226 g/mol. The minimum absolute atomic E-state index is 0. The Kier molecular flexibility index (Phi) is 3.89. The third-order valence-electron chi connectivity index (χ3n) is 2.83. The number of nitrogens with zero attached hydrogens (tertiary/aromatic N) is 1. The lowest BCUT2D eigenvalue weighted by atomic mass is 10.2. The van der Waals surface area contributed by atoms with E-state index in [0.29, 0.717) is 0 Å². The van der Waals surface area contributed by atoms with Gasteiger partial charge in [0.15, 0.2) is 0 Å². The van der Waals surface area contributed by atoms with Crippen LogP contribution in [0, 0.1) is 0 Å². The Morgan fingerprint density at radius 3 is 2.40 bits per heavy atom. The summed E-state index contributed by atoms with van der Waals surface area (Å²) in [4.78, 5) is 13.3. The second-order valence-electron chi connectivity index (χ2n) is 4.03. The van der Waals surface area contributed by atoms with E-state index in [2.05, 4.69) is 5.32 Å². The van der Waals surface area contributed by atoms with Gasteiger partial charge in [0.2, 0.25) is 5.91 Å². The van der Waals surface area contributed by atoms with Crippen LogP contribution in [0.15, 0.2) is 0 Å². The van der Waals surface area contributed by atoms with Crippen molar-refractivity contribution in [1.29, 1.82) is 0 Å². The predicted molar refractivity (Wildman–Crippen MR) is 54.4 cm³/mol. The van der Waals surface area contributed by atoms with E-state index in [-0.39, 0.29) is 31.3 Å². The molecule has 2 heterocycles. The minimum Gasteiger partial charge on any atom is -0.341 e. The number of alkyl halides is 2. The molecule has 0 bridgehead atoms. The zero-order valence-corrected chi connectivity index (χ0v) is 9.16. The molecule has 3 nitrogen and oxygen atoms in total. The third-order valence-corrected chi connectivity index (χ3v) is 2.83. The first-order valence-corrected chi connectivity index (χ1v) is 4.98. The summed E-state index contributed by atoms with van der Waals surface area (Å²) in [5, 5.41) is 2.58.